The fraction of sp³-hybridized carbons (Fsp3) is 0.538. The number of ether oxygens (including phenoxy) is 1. The van der Waals surface area contributed by atoms with Gasteiger partial charge in [-0.1, -0.05) is 0 Å². The van der Waals surface area contributed by atoms with E-state index in [0.29, 0.717) is 18.8 Å². The molecule has 2 unspecified atom stereocenters. The Labute approximate surface area is 106 Å². The summed E-state index contributed by atoms with van der Waals surface area (Å²) in [6, 6.07) is 4.89. The van der Waals surface area contributed by atoms with E-state index >= 15 is 0 Å². The first kappa shape index (κ1) is 13.3. The predicted octanol–water partition coefficient (Wildman–Crippen LogP) is 0.921. The minimum absolute atomic E-state index is 0.0376. The number of aliphatic hydroxyl groups excluding tert-OH is 1. The second-order valence-electron chi connectivity index (χ2n) is 4.56. The smallest absolute Gasteiger partial charge is 0.128 e. The van der Waals surface area contributed by atoms with E-state index in [2.05, 4.69) is 10.6 Å². The zero-order chi connectivity index (χ0) is 13.2. The molecule has 1 fully saturated rings. The Morgan fingerprint density at radius 1 is 1.50 bits per heavy atom. The van der Waals surface area contributed by atoms with Crippen LogP contribution in [-0.2, 0) is 10.3 Å². The van der Waals surface area contributed by atoms with E-state index in [0.717, 1.165) is 5.69 Å². The summed E-state index contributed by atoms with van der Waals surface area (Å²) in [5.41, 5.74) is 0.712. The van der Waals surface area contributed by atoms with Gasteiger partial charge in [0.2, 0.25) is 0 Å². The van der Waals surface area contributed by atoms with Gasteiger partial charge in [0, 0.05) is 24.2 Å². The molecule has 18 heavy (non-hydrogen) atoms. The monoisotopic (exact) mass is 254 g/mol. The van der Waals surface area contributed by atoms with Gasteiger partial charge in [0.05, 0.1) is 25.4 Å². The van der Waals surface area contributed by atoms with Gasteiger partial charge in [0.1, 0.15) is 5.82 Å². The van der Waals surface area contributed by atoms with Crippen molar-refractivity contribution in [1.82, 2.24) is 5.32 Å². The largest absolute Gasteiger partial charge is 0.396 e. The van der Waals surface area contributed by atoms with E-state index in [9.17, 15) is 9.50 Å². The summed E-state index contributed by atoms with van der Waals surface area (Å²) in [6.45, 7) is 0.753. The van der Waals surface area contributed by atoms with E-state index in [1.54, 1.807) is 26.2 Å². The first-order valence-electron chi connectivity index (χ1n) is 6.03. The fourth-order valence-corrected chi connectivity index (χ4v) is 2.56. The number of aliphatic hydroxyl groups is 1. The minimum atomic E-state index is -0.661. The Morgan fingerprint density at radius 2 is 2.28 bits per heavy atom. The van der Waals surface area contributed by atoms with Crippen LogP contribution in [0.4, 0.5) is 10.1 Å². The van der Waals surface area contributed by atoms with Crippen LogP contribution in [0.15, 0.2) is 18.2 Å². The maximum atomic E-state index is 14.1. The van der Waals surface area contributed by atoms with Gasteiger partial charge in [-0.15, -0.1) is 0 Å². The van der Waals surface area contributed by atoms with E-state index in [1.807, 2.05) is 0 Å². The normalized spacial score (nSPS) is 27.4. The maximum absolute atomic E-state index is 14.1. The molecule has 0 amide bonds. The van der Waals surface area contributed by atoms with Gasteiger partial charge in [0.15, 0.2) is 0 Å². The second kappa shape index (κ2) is 5.22. The fourth-order valence-electron chi connectivity index (χ4n) is 2.56. The lowest BCUT2D eigenvalue weighted by Gasteiger charge is -2.33. The van der Waals surface area contributed by atoms with E-state index in [-0.39, 0.29) is 18.3 Å². The van der Waals surface area contributed by atoms with Crippen LogP contribution < -0.4 is 10.6 Å². The molecule has 2 atom stereocenters. The van der Waals surface area contributed by atoms with Crippen molar-refractivity contribution in [1.29, 1.82) is 0 Å². The molecule has 1 aliphatic rings. The molecule has 1 heterocycles. The highest BCUT2D eigenvalue weighted by Crippen LogP contribution is 2.37. The third-order valence-corrected chi connectivity index (χ3v) is 3.75. The SMILES string of the molecule is CNc1ccc(F)c(C2(NC)COCC2CO)c1. The molecule has 100 valence electrons. The molecule has 5 heteroatoms. The molecular formula is C13H19FN2O2. The lowest BCUT2D eigenvalue weighted by Crippen LogP contribution is -2.48. The maximum Gasteiger partial charge on any atom is 0.128 e. The standard InChI is InChI=1S/C13H19FN2O2/c1-15-10-3-4-12(14)11(5-10)13(16-2)8-18-7-9(13)6-17/h3-5,9,15-17H,6-8H2,1-2H3. The van der Waals surface area contributed by atoms with Gasteiger partial charge < -0.3 is 20.5 Å². The van der Waals surface area contributed by atoms with Crippen molar-refractivity contribution in [3.05, 3.63) is 29.6 Å². The minimum Gasteiger partial charge on any atom is -0.396 e. The Balaban J connectivity index is 2.49. The number of rotatable bonds is 4. The molecule has 1 aromatic carbocycles. The highest BCUT2D eigenvalue weighted by Gasteiger charge is 2.45. The molecular weight excluding hydrogens is 235 g/mol. The summed E-state index contributed by atoms with van der Waals surface area (Å²) >= 11 is 0. The van der Waals surface area contributed by atoms with Gasteiger partial charge in [-0.3, -0.25) is 0 Å². The number of nitrogens with one attached hydrogen (secondary N) is 2. The Hall–Kier alpha value is -1.17. The molecule has 0 aromatic heterocycles. The van der Waals surface area contributed by atoms with Crippen LogP contribution in [0.25, 0.3) is 0 Å². The molecule has 0 bridgehead atoms. The van der Waals surface area contributed by atoms with Crippen LogP contribution in [0, 0.1) is 11.7 Å². The van der Waals surface area contributed by atoms with Crippen LogP contribution in [0.1, 0.15) is 5.56 Å². The lowest BCUT2D eigenvalue weighted by atomic mass is 9.80. The zero-order valence-electron chi connectivity index (χ0n) is 10.7. The van der Waals surface area contributed by atoms with Crippen LogP contribution in [0.2, 0.25) is 0 Å². The summed E-state index contributed by atoms with van der Waals surface area (Å²) in [4.78, 5) is 0. The van der Waals surface area contributed by atoms with E-state index < -0.39 is 5.54 Å². The van der Waals surface area contributed by atoms with Crippen molar-refractivity contribution in [3.63, 3.8) is 0 Å². The van der Waals surface area contributed by atoms with Crippen LogP contribution in [0.5, 0.6) is 0 Å². The zero-order valence-corrected chi connectivity index (χ0v) is 10.7. The van der Waals surface area contributed by atoms with E-state index in [4.69, 9.17) is 4.74 Å². The molecule has 0 saturated carbocycles. The van der Waals surface area contributed by atoms with Crippen molar-refractivity contribution in [2.75, 3.05) is 39.2 Å². The highest BCUT2D eigenvalue weighted by molar-refractivity contribution is 5.48. The van der Waals surface area contributed by atoms with Crippen molar-refractivity contribution >= 4 is 5.69 Å². The molecule has 0 aliphatic carbocycles. The first-order chi connectivity index (χ1) is 8.67. The highest BCUT2D eigenvalue weighted by atomic mass is 19.1. The second-order valence-corrected chi connectivity index (χ2v) is 4.56. The summed E-state index contributed by atoms with van der Waals surface area (Å²) in [6.07, 6.45) is 0. The quantitative estimate of drug-likeness (QED) is 0.748. The Morgan fingerprint density at radius 3 is 2.89 bits per heavy atom. The summed E-state index contributed by atoms with van der Waals surface area (Å²) in [5, 5.41) is 15.6. The third-order valence-electron chi connectivity index (χ3n) is 3.75. The average molecular weight is 254 g/mol. The molecule has 0 radical (unpaired) electrons. The van der Waals surface area contributed by atoms with Gasteiger partial charge >= 0.3 is 0 Å². The molecule has 1 aromatic rings. The molecule has 1 aliphatic heterocycles. The van der Waals surface area contributed by atoms with Crippen molar-refractivity contribution < 1.29 is 14.2 Å². The van der Waals surface area contributed by atoms with Crippen molar-refractivity contribution in [2.45, 2.75) is 5.54 Å². The van der Waals surface area contributed by atoms with Gasteiger partial charge in [-0.25, -0.2) is 4.39 Å². The third kappa shape index (κ3) is 1.98. The van der Waals surface area contributed by atoms with E-state index in [1.165, 1.54) is 6.07 Å². The number of hydrogen-bond donors (Lipinski definition) is 3. The average Bonchev–Trinajstić information content (AvgIpc) is 2.83. The number of benzene rings is 1. The topological polar surface area (TPSA) is 53.5 Å². The number of likely N-dealkylation sites (N-methyl/N-ethyl adjacent to an activating group) is 1. The Bertz CT molecular complexity index is 427. The summed E-state index contributed by atoms with van der Waals surface area (Å²) in [7, 11) is 3.56. The Kier molecular flexibility index (Phi) is 3.85. The molecule has 2 rings (SSSR count). The summed E-state index contributed by atoms with van der Waals surface area (Å²) in [5.74, 6) is -0.434. The molecule has 0 spiro atoms. The van der Waals surface area contributed by atoms with Crippen molar-refractivity contribution in [3.8, 4) is 0 Å². The first-order valence-corrected chi connectivity index (χ1v) is 6.03. The number of halogens is 1. The lowest BCUT2D eigenvalue weighted by molar-refractivity contribution is 0.159. The number of hydrogen-bond acceptors (Lipinski definition) is 4. The van der Waals surface area contributed by atoms with Gasteiger partial charge in [-0.2, -0.15) is 0 Å². The molecule has 3 N–H and O–H groups in total. The molecule has 1 saturated heterocycles. The van der Waals surface area contributed by atoms with Crippen LogP contribution in [-0.4, -0.2) is 39.0 Å². The predicted molar refractivity (Wildman–Crippen MR) is 68.1 cm³/mol. The van der Waals surface area contributed by atoms with Crippen LogP contribution >= 0.6 is 0 Å². The number of anilines is 1. The van der Waals surface area contributed by atoms with Crippen LogP contribution in [0.3, 0.4) is 0 Å². The van der Waals surface area contributed by atoms with Gasteiger partial charge in [0.25, 0.3) is 0 Å². The van der Waals surface area contributed by atoms with Crippen molar-refractivity contribution in [2.24, 2.45) is 5.92 Å². The summed E-state index contributed by atoms with van der Waals surface area (Å²) < 4.78 is 19.5. The van der Waals surface area contributed by atoms with Gasteiger partial charge in [-0.05, 0) is 25.2 Å². The molecule has 4 nitrogen and oxygen atoms in total.